The van der Waals surface area contributed by atoms with E-state index in [2.05, 4.69) is 13.0 Å². The van der Waals surface area contributed by atoms with Crippen molar-refractivity contribution in [3.63, 3.8) is 0 Å². The number of aliphatic hydroxyl groups is 3. The van der Waals surface area contributed by atoms with Gasteiger partial charge in [0.2, 0.25) is 0 Å². The van der Waals surface area contributed by atoms with Gasteiger partial charge < -0.3 is 25.2 Å². The summed E-state index contributed by atoms with van der Waals surface area (Å²) in [6, 6.07) is 0. The molecule has 6 heteroatoms. The molecule has 1 heterocycles. The molecule has 26 heavy (non-hydrogen) atoms. The van der Waals surface area contributed by atoms with Gasteiger partial charge in [0.05, 0.1) is 30.5 Å². The highest BCUT2D eigenvalue weighted by molar-refractivity contribution is 5.66. The summed E-state index contributed by atoms with van der Waals surface area (Å²) in [5.74, 6) is -0.889. The number of hydrogen-bond acceptors (Lipinski definition) is 5. The van der Waals surface area contributed by atoms with Crippen LogP contribution in [-0.4, -0.2) is 56.9 Å². The van der Waals surface area contributed by atoms with E-state index >= 15 is 0 Å². The second kappa shape index (κ2) is 13.0. The van der Waals surface area contributed by atoms with Crippen molar-refractivity contribution in [3.8, 4) is 0 Å². The van der Waals surface area contributed by atoms with Crippen molar-refractivity contribution in [1.29, 1.82) is 0 Å². The van der Waals surface area contributed by atoms with Gasteiger partial charge in [0.1, 0.15) is 0 Å². The highest BCUT2D eigenvalue weighted by atomic mass is 16.5. The van der Waals surface area contributed by atoms with Gasteiger partial charge in [0.25, 0.3) is 0 Å². The monoisotopic (exact) mass is 370 g/mol. The molecule has 5 atom stereocenters. The first-order valence-electron chi connectivity index (χ1n) is 9.68. The molecule has 4 N–H and O–H groups in total. The molecule has 0 bridgehead atoms. The molecule has 0 spiro atoms. The van der Waals surface area contributed by atoms with Crippen molar-refractivity contribution in [1.82, 2.24) is 0 Å². The molecule has 1 fully saturated rings. The van der Waals surface area contributed by atoms with Gasteiger partial charge in [-0.15, -0.1) is 0 Å². The summed E-state index contributed by atoms with van der Waals surface area (Å²) < 4.78 is 5.75. The maximum atomic E-state index is 10.4. The van der Waals surface area contributed by atoms with Crippen molar-refractivity contribution in [2.45, 2.75) is 95.2 Å². The Morgan fingerprint density at radius 3 is 2.65 bits per heavy atom. The lowest BCUT2D eigenvalue weighted by Crippen LogP contribution is -2.24. The lowest BCUT2D eigenvalue weighted by Gasteiger charge is -2.16. The van der Waals surface area contributed by atoms with E-state index in [9.17, 15) is 20.1 Å². The minimum atomic E-state index is -0.905. The third-order valence-corrected chi connectivity index (χ3v) is 4.56. The van der Waals surface area contributed by atoms with Crippen molar-refractivity contribution in [2.75, 3.05) is 0 Å². The Balaban J connectivity index is 2.31. The van der Waals surface area contributed by atoms with Crippen LogP contribution in [0.4, 0.5) is 0 Å². The fourth-order valence-corrected chi connectivity index (χ4v) is 2.98. The van der Waals surface area contributed by atoms with E-state index in [1.54, 1.807) is 0 Å². The summed E-state index contributed by atoms with van der Waals surface area (Å²) in [5.41, 5.74) is 0. The normalized spacial score (nSPS) is 25.9. The molecule has 0 aromatic heterocycles. The molecule has 0 aromatic carbocycles. The van der Waals surface area contributed by atoms with E-state index in [1.807, 2.05) is 6.08 Å². The Hall–Kier alpha value is -1.21. The van der Waals surface area contributed by atoms with Crippen molar-refractivity contribution >= 4 is 5.97 Å². The van der Waals surface area contributed by atoms with Crippen molar-refractivity contribution < 1.29 is 30.0 Å². The highest BCUT2D eigenvalue weighted by Crippen LogP contribution is 2.26. The van der Waals surface area contributed by atoms with Crippen LogP contribution in [0.3, 0.4) is 0 Å². The number of carboxylic acids is 1. The van der Waals surface area contributed by atoms with Crippen LogP contribution in [0, 0.1) is 0 Å². The SMILES string of the molecule is CCCCC/C=C\C[C@@H]1O[C@@H]([C@@H](O)/C=C/[C@H](O)CCCC(=O)O)C[C@H]1O. The van der Waals surface area contributed by atoms with Gasteiger partial charge in [-0.25, -0.2) is 0 Å². The van der Waals surface area contributed by atoms with Crippen LogP contribution in [0.15, 0.2) is 24.3 Å². The first kappa shape index (κ1) is 22.8. The maximum absolute atomic E-state index is 10.4. The lowest BCUT2D eigenvalue weighted by molar-refractivity contribution is -0.137. The number of hydrogen-bond donors (Lipinski definition) is 4. The molecule has 1 rings (SSSR count). The number of rotatable bonds is 13. The fraction of sp³-hybridized carbons (Fsp3) is 0.750. The van der Waals surface area contributed by atoms with E-state index in [4.69, 9.17) is 9.84 Å². The molecule has 0 radical (unpaired) electrons. The predicted molar refractivity (Wildman–Crippen MR) is 99.8 cm³/mol. The van der Waals surface area contributed by atoms with Gasteiger partial charge in [-0.2, -0.15) is 0 Å². The molecule has 1 aliphatic heterocycles. The molecule has 0 amide bonds. The topological polar surface area (TPSA) is 107 Å². The number of carboxylic acid groups (broad SMARTS) is 1. The van der Waals surface area contributed by atoms with Crippen LogP contribution < -0.4 is 0 Å². The zero-order valence-electron chi connectivity index (χ0n) is 15.7. The summed E-state index contributed by atoms with van der Waals surface area (Å²) in [4.78, 5) is 10.4. The Bertz CT molecular complexity index is 448. The number of aliphatic carboxylic acids is 1. The molecule has 1 aliphatic rings. The van der Waals surface area contributed by atoms with Crippen LogP contribution in [0.2, 0.25) is 0 Å². The first-order chi connectivity index (χ1) is 12.4. The van der Waals surface area contributed by atoms with Crippen LogP contribution in [-0.2, 0) is 9.53 Å². The van der Waals surface area contributed by atoms with E-state index in [0.717, 1.165) is 6.42 Å². The second-order valence-corrected chi connectivity index (χ2v) is 6.95. The number of carbonyl (C=O) groups is 1. The van der Waals surface area contributed by atoms with Crippen LogP contribution in [0.25, 0.3) is 0 Å². The summed E-state index contributed by atoms with van der Waals surface area (Å²) in [6.45, 7) is 2.17. The lowest BCUT2D eigenvalue weighted by atomic mass is 10.0. The number of aliphatic hydroxyl groups excluding tert-OH is 3. The number of ether oxygens (including phenoxy) is 1. The van der Waals surface area contributed by atoms with Gasteiger partial charge in [-0.3, -0.25) is 4.79 Å². The fourth-order valence-electron chi connectivity index (χ4n) is 2.98. The van der Waals surface area contributed by atoms with E-state index in [-0.39, 0.29) is 12.5 Å². The Kier molecular flexibility index (Phi) is 11.4. The van der Waals surface area contributed by atoms with Crippen LogP contribution in [0.1, 0.15) is 64.7 Å². The molecular formula is C20H34O6. The van der Waals surface area contributed by atoms with Gasteiger partial charge in [-0.1, -0.05) is 44.1 Å². The maximum Gasteiger partial charge on any atom is 0.303 e. The Morgan fingerprint density at radius 1 is 1.19 bits per heavy atom. The van der Waals surface area contributed by atoms with E-state index in [1.165, 1.54) is 31.4 Å². The zero-order chi connectivity index (χ0) is 19.4. The largest absolute Gasteiger partial charge is 0.481 e. The van der Waals surface area contributed by atoms with E-state index in [0.29, 0.717) is 25.7 Å². The summed E-state index contributed by atoms with van der Waals surface area (Å²) >= 11 is 0. The zero-order valence-corrected chi connectivity index (χ0v) is 15.7. The Labute approximate surface area is 156 Å². The van der Waals surface area contributed by atoms with Gasteiger partial charge in [-0.05, 0) is 32.1 Å². The quantitative estimate of drug-likeness (QED) is 0.293. The summed E-state index contributed by atoms with van der Waals surface area (Å²) in [7, 11) is 0. The van der Waals surface area contributed by atoms with Gasteiger partial charge >= 0.3 is 5.97 Å². The second-order valence-electron chi connectivity index (χ2n) is 6.95. The molecular weight excluding hydrogens is 336 g/mol. The molecule has 0 saturated carbocycles. The predicted octanol–water partition coefficient (Wildman–Crippen LogP) is 2.56. The van der Waals surface area contributed by atoms with Crippen molar-refractivity contribution in [3.05, 3.63) is 24.3 Å². The average molecular weight is 370 g/mol. The standard InChI is InChI=1S/C20H34O6/c1-2-3-4-5-6-7-10-18-17(23)14-19(26-18)16(22)13-12-15(21)9-8-11-20(24)25/h6-7,12-13,15-19,21-23H,2-5,8-11,14H2,1H3,(H,24,25)/b7-6-,13-12+/t15-,16+,17-,18+,19-/m1/s1. The minimum absolute atomic E-state index is 0.0129. The van der Waals surface area contributed by atoms with Crippen LogP contribution >= 0.6 is 0 Å². The number of unbranched alkanes of at least 4 members (excludes halogenated alkanes) is 3. The van der Waals surface area contributed by atoms with Crippen LogP contribution in [0.5, 0.6) is 0 Å². The molecule has 150 valence electrons. The molecule has 1 saturated heterocycles. The number of allylic oxidation sites excluding steroid dienone is 1. The summed E-state index contributed by atoms with van der Waals surface area (Å²) in [5, 5.41) is 38.6. The molecule has 6 nitrogen and oxygen atoms in total. The third-order valence-electron chi connectivity index (χ3n) is 4.56. The van der Waals surface area contributed by atoms with Crippen molar-refractivity contribution in [2.24, 2.45) is 0 Å². The molecule has 0 aliphatic carbocycles. The molecule has 0 aromatic rings. The van der Waals surface area contributed by atoms with Gasteiger partial charge in [0, 0.05) is 12.8 Å². The smallest absolute Gasteiger partial charge is 0.303 e. The minimum Gasteiger partial charge on any atom is -0.481 e. The third kappa shape index (κ3) is 9.48. The Morgan fingerprint density at radius 2 is 1.96 bits per heavy atom. The summed E-state index contributed by atoms with van der Waals surface area (Å²) in [6.07, 6.45) is 10.3. The van der Waals surface area contributed by atoms with E-state index < -0.39 is 30.4 Å². The van der Waals surface area contributed by atoms with Gasteiger partial charge in [0.15, 0.2) is 0 Å². The average Bonchev–Trinajstić information content (AvgIpc) is 2.96. The molecule has 0 unspecified atom stereocenters. The first-order valence-corrected chi connectivity index (χ1v) is 9.68. The highest BCUT2D eigenvalue weighted by Gasteiger charge is 2.36.